The van der Waals surface area contributed by atoms with Gasteiger partial charge in [-0.15, -0.1) is 0 Å². The molecule has 0 saturated heterocycles. The predicted octanol–water partition coefficient (Wildman–Crippen LogP) is 10.8. The number of hydrogen-bond acceptors (Lipinski definition) is 1. The van der Waals surface area contributed by atoms with Crippen LogP contribution in [0.3, 0.4) is 0 Å². The largest absolute Gasteiger partial charge is 0.315 e. The maximum absolute atomic E-state index is 2.65. The predicted molar refractivity (Wildman–Crippen MR) is 187 cm³/mol. The molecule has 0 radical (unpaired) electrons. The van der Waals surface area contributed by atoms with Gasteiger partial charge in [-0.1, -0.05) is 130 Å². The molecular formula is C44H43N. The molecule has 224 valence electrons. The maximum Gasteiger partial charge on any atom is 0.0418 e. The van der Waals surface area contributed by atoms with Gasteiger partial charge in [-0.2, -0.15) is 0 Å². The van der Waals surface area contributed by atoms with Crippen LogP contribution in [0.25, 0.3) is 0 Å². The molecule has 0 amide bonds. The minimum absolute atomic E-state index is 0.0260. The Bertz CT molecular complexity index is 1910. The molecular weight excluding hydrogens is 542 g/mol. The van der Waals surface area contributed by atoms with Crippen molar-refractivity contribution in [3.8, 4) is 0 Å². The normalized spacial score (nSPS) is 29.2. The van der Waals surface area contributed by atoms with E-state index in [1.54, 1.807) is 5.57 Å². The quantitative estimate of drug-likeness (QED) is 0.346. The number of allylic oxidation sites excluding steroid dienone is 16. The number of rotatable bonds is 3. The van der Waals surface area contributed by atoms with Gasteiger partial charge in [0.2, 0.25) is 0 Å². The number of fused-ring (bicyclic) bond motifs is 9. The zero-order chi connectivity index (χ0) is 30.5. The second-order valence-corrected chi connectivity index (χ2v) is 15.2. The first kappa shape index (κ1) is 27.2. The summed E-state index contributed by atoms with van der Waals surface area (Å²) in [5, 5.41) is 0. The number of hydrogen-bond donors (Lipinski definition) is 0. The Balaban J connectivity index is 1.16. The van der Waals surface area contributed by atoms with Gasteiger partial charge >= 0.3 is 0 Å². The molecule has 0 saturated carbocycles. The first-order valence-electron chi connectivity index (χ1n) is 17.1. The maximum atomic E-state index is 2.65. The highest BCUT2D eigenvalue weighted by atomic mass is 15.2. The molecule has 0 spiro atoms. The average Bonchev–Trinajstić information content (AvgIpc) is 3.44. The van der Waals surface area contributed by atoms with Gasteiger partial charge in [-0.3, -0.25) is 0 Å². The monoisotopic (exact) mass is 585 g/mol. The molecule has 45 heavy (non-hydrogen) atoms. The molecule has 0 aliphatic heterocycles. The summed E-state index contributed by atoms with van der Waals surface area (Å²) in [4.78, 5) is 2.65. The van der Waals surface area contributed by atoms with Gasteiger partial charge in [0.15, 0.2) is 0 Å². The lowest BCUT2D eigenvalue weighted by Crippen LogP contribution is -2.31. The molecule has 9 rings (SSSR count). The Labute approximate surface area is 269 Å². The van der Waals surface area contributed by atoms with E-state index in [9.17, 15) is 0 Å². The Morgan fingerprint density at radius 3 is 2.38 bits per heavy atom. The third kappa shape index (κ3) is 3.92. The van der Waals surface area contributed by atoms with E-state index in [-0.39, 0.29) is 10.8 Å². The van der Waals surface area contributed by atoms with E-state index in [0.29, 0.717) is 23.7 Å². The molecule has 1 heteroatoms. The van der Waals surface area contributed by atoms with Gasteiger partial charge in [0.1, 0.15) is 0 Å². The van der Waals surface area contributed by atoms with Crippen molar-refractivity contribution in [1.82, 2.24) is 4.90 Å². The summed E-state index contributed by atoms with van der Waals surface area (Å²) in [5.41, 5.74) is 16.2. The molecule has 4 atom stereocenters. The minimum Gasteiger partial charge on any atom is -0.315 e. The van der Waals surface area contributed by atoms with E-state index in [0.717, 1.165) is 25.7 Å². The summed E-state index contributed by atoms with van der Waals surface area (Å²) >= 11 is 0. The fourth-order valence-corrected chi connectivity index (χ4v) is 9.82. The summed E-state index contributed by atoms with van der Waals surface area (Å²) in [6, 6.07) is 18.3. The summed E-state index contributed by atoms with van der Waals surface area (Å²) in [5.74, 6) is 1.76. The van der Waals surface area contributed by atoms with Crippen molar-refractivity contribution >= 4 is 0 Å². The van der Waals surface area contributed by atoms with Gasteiger partial charge in [0.05, 0.1) is 0 Å². The average molecular weight is 586 g/mol. The SMILES string of the molecule is CC1(C)C2=CC(N(C3=CC4C(C=C3)c3ccccc3C4(C)C)C3=CC=C4C=CC5=CCCC=C5C4C3)=CCC2c2ccccc21. The lowest BCUT2D eigenvalue weighted by atomic mass is 9.73. The van der Waals surface area contributed by atoms with Crippen LogP contribution in [0.2, 0.25) is 0 Å². The topological polar surface area (TPSA) is 3.24 Å². The third-order valence-electron chi connectivity index (χ3n) is 12.2. The third-order valence-corrected chi connectivity index (χ3v) is 12.2. The lowest BCUT2D eigenvalue weighted by Gasteiger charge is -2.40. The standard InChI is InChI=1S/C44H43N/c1-43(2)39-15-9-7-13-34(39)36-23-21-31(26-41(36)43)45(30-20-19-29-18-17-28-11-5-6-12-33(28)38(29)25-30)32-22-24-37-35-14-8-10-16-40(35)44(3,4)42(37)27-32/h7-23,26-27,36-38,41H,5-6,24-25H2,1-4H3. The van der Waals surface area contributed by atoms with Crippen LogP contribution < -0.4 is 0 Å². The molecule has 2 aromatic carbocycles. The van der Waals surface area contributed by atoms with E-state index < -0.39 is 0 Å². The van der Waals surface area contributed by atoms with E-state index in [1.165, 1.54) is 56.1 Å². The van der Waals surface area contributed by atoms with Crippen LogP contribution >= 0.6 is 0 Å². The highest BCUT2D eigenvalue weighted by molar-refractivity contribution is 5.60. The molecule has 0 heterocycles. The Morgan fingerprint density at radius 1 is 0.733 bits per heavy atom. The van der Waals surface area contributed by atoms with Gasteiger partial charge in [0.25, 0.3) is 0 Å². The molecule has 0 fully saturated rings. The zero-order valence-corrected chi connectivity index (χ0v) is 27.1. The second-order valence-electron chi connectivity index (χ2n) is 15.2. The van der Waals surface area contributed by atoms with Crippen LogP contribution in [0.1, 0.15) is 87.5 Å². The van der Waals surface area contributed by atoms with Crippen LogP contribution in [0.5, 0.6) is 0 Å². The molecule has 4 unspecified atom stereocenters. The van der Waals surface area contributed by atoms with Crippen LogP contribution in [0, 0.1) is 11.8 Å². The van der Waals surface area contributed by atoms with Crippen LogP contribution in [0.15, 0.2) is 155 Å². The smallest absolute Gasteiger partial charge is 0.0418 e. The summed E-state index contributed by atoms with van der Waals surface area (Å²) < 4.78 is 0. The summed E-state index contributed by atoms with van der Waals surface area (Å²) in [6.07, 6.45) is 31.5. The molecule has 0 bridgehead atoms. The lowest BCUT2D eigenvalue weighted by molar-refractivity contribution is 0.380. The fraction of sp³-hybridized carbons (Fsp3) is 0.318. The van der Waals surface area contributed by atoms with Crippen molar-refractivity contribution in [2.75, 3.05) is 0 Å². The molecule has 0 aromatic heterocycles. The van der Waals surface area contributed by atoms with Crippen LogP contribution in [-0.2, 0) is 10.8 Å². The van der Waals surface area contributed by atoms with Gasteiger partial charge < -0.3 is 4.90 Å². The van der Waals surface area contributed by atoms with Crippen LogP contribution in [-0.4, -0.2) is 4.90 Å². The van der Waals surface area contributed by atoms with E-state index in [2.05, 4.69) is 148 Å². The Kier molecular flexibility index (Phi) is 5.87. The summed E-state index contributed by atoms with van der Waals surface area (Å²) in [6.45, 7) is 9.76. The first-order chi connectivity index (χ1) is 21.8. The molecule has 2 aromatic rings. The van der Waals surface area contributed by atoms with E-state index in [1.807, 2.05) is 0 Å². The zero-order valence-electron chi connectivity index (χ0n) is 27.1. The first-order valence-corrected chi connectivity index (χ1v) is 17.1. The van der Waals surface area contributed by atoms with Crippen molar-refractivity contribution in [1.29, 1.82) is 0 Å². The highest BCUT2D eigenvalue weighted by Gasteiger charge is 2.46. The molecule has 7 aliphatic rings. The molecule has 7 aliphatic carbocycles. The number of benzene rings is 2. The van der Waals surface area contributed by atoms with Gasteiger partial charge in [0, 0.05) is 40.3 Å². The van der Waals surface area contributed by atoms with Crippen molar-refractivity contribution in [3.63, 3.8) is 0 Å². The second kappa shape index (κ2) is 9.70. The Hall–Kier alpha value is -4.10. The van der Waals surface area contributed by atoms with Crippen molar-refractivity contribution < 1.29 is 0 Å². The molecule has 0 N–H and O–H groups in total. The minimum atomic E-state index is 0.0260. The van der Waals surface area contributed by atoms with Crippen molar-refractivity contribution in [2.24, 2.45) is 11.8 Å². The van der Waals surface area contributed by atoms with Crippen molar-refractivity contribution in [2.45, 2.75) is 76.0 Å². The highest BCUT2D eigenvalue weighted by Crippen LogP contribution is 2.56. The Morgan fingerprint density at radius 2 is 1.51 bits per heavy atom. The fourth-order valence-electron chi connectivity index (χ4n) is 9.82. The summed E-state index contributed by atoms with van der Waals surface area (Å²) in [7, 11) is 0. The van der Waals surface area contributed by atoms with Crippen molar-refractivity contribution in [3.05, 3.63) is 177 Å². The number of nitrogens with zero attached hydrogens (tertiary/aromatic N) is 1. The van der Waals surface area contributed by atoms with E-state index >= 15 is 0 Å². The van der Waals surface area contributed by atoms with E-state index in [4.69, 9.17) is 0 Å². The van der Waals surface area contributed by atoms with Gasteiger partial charge in [-0.25, -0.2) is 0 Å². The van der Waals surface area contributed by atoms with Gasteiger partial charge in [-0.05, 0) is 94.2 Å². The van der Waals surface area contributed by atoms with Crippen LogP contribution in [0.4, 0.5) is 0 Å². The molecule has 1 nitrogen and oxygen atoms in total.